The summed E-state index contributed by atoms with van der Waals surface area (Å²) in [6.07, 6.45) is 1.71. The third-order valence-corrected chi connectivity index (χ3v) is 5.47. The zero-order valence-corrected chi connectivity index (χ0v) is 13.3. The van der Waals surface area contributed by atoms with E-state index in [2.05, 4.69) is 10.6 Å². The van der Waals surface area contributed by atoms with Crippen molar-refractivity contribution in [2.24, 2.45) is 0 Å². The van der Waals surface area contributed by atoms with E-state index >= 15 is 0 Å². The van der Waals surface area contributed by atoms with Crippen molar-refractivity contribution in [2.75, 3.05) is 16.8 Å². The minimum absolute atomic E-state index is 0.0495. The van der Waals surface area contributed by atoms with Crippen LogP contribution in [-0.4, -0.2) is 44.1 Å². The number of carbonyl (C=O) groups excluding carboxylic acids is 2. The maximum absolute atomic E-state index is 12.1. The predicted molar refractivity (Wildman–Crippen MR) is 84.1 cm³/mol. The van der Waals surface area contributed by atoms with Crippen LogP contribution in [0.5, 0.6) is 0 Å². The molecule has 1 aromatic carbocycles. The number of ether oxygens (including phenoxy) is 1. The van der Waals surface area contributed by atoms with Crippen LogP contribution in [0.3, 0.4) is 0 Å². The first-order chi connectivity index (χ1) is 10.9. The summed E-state index contributed by atoms with van der Waals surface area (Å²) in [7, 11) is -3.10. The van der Waals surface area contributed by atoms with E-state index < -0.39 is 21.9 Å². The summed E-state index contributed by atoms with van der Waals surface area (Å²) in [5, 5.41) is 5.45. The molecule has 2 fully saturated rings. The first-order valence-electron chi connectivity index (χ1n) is 7.50. The molecule has 1 heterocycles. The van der Waals surface area contributed by atoms with Crippen molar-refractivity contribution in [3.8, 4) is 0 Å². The van der Waals surface area contributed by atoms with Crippen molar-refractivity contribution in [1.29, 1.82) is 0 Å². The van der Waals surface area contributed by atoms with Gasteiger partial charge >= 0.3 is 12.0 Å². The smallest absolute Gasteiger partial charge is 0.338 e. The van der Waals surface area contributed by atoms with Gasteiger partial charge < -0.3 is 15.4 Å². The van der Waals surface area contributed by atoms with E-state index in [1.54, 1.807) is 18.2 Å². The van der Waals surface area contributed by atoms with E-state index in [0.29, 0.717) is 12.1 Å². The first-order valence-corrected chi connectivity index (χ1v) is 9.32. The Morgan fingerprint density at radius 1 is 1.17 bits per heavy atom. The molecule has 1 saturated carbocycles. The van der Waals surface area contributed by atoms with Gasteiger partial charge in [0.05, 0.1) is 17.1 Å². The molecule has 0 unspecified atom stereocenters. The highest BCUT2D eigenvalue weighted by Gasteiger charge is 2.31. The van der Waals surface area contributed by atoms with E-state index in [1.165, 1.54) is 6.07 Å². The van der Waals surface area contributed by atoms with Crippen molar-refractivity contribution in [1.82, 2.24) is 5.32 Å². The Kier molecular flexibility index (Phi) is 4.25. The van der Waals surface area contributed by atoms with Crippen LogP contribution in [0.25, 0.3) is 0 Å². The van der Waals surface area contributed by atoms with Crippen LogP contribution < -0.4 is 10.6 Å². The van der Waals surface area contributed by atoms with E-state index in [4.69, 9.17) is 4.74 Å². The number of hydrogen-bond acceptors (Lipinski definition) is 5. The van der Waals surface area contributed by atoms with Crippen molar-refractivity contribution in [3.63, 3.8) is 0 Å². The molecule has 23 heavy (non-hydrogen) atoms. The van der Waals surface area contributed by atoms with Gasteiger partial charge in [-0.05, 0) is 37.5 Å². The van der Waals surface area contributed by atoms with E-state index in [9.17, 15) is 18.0 Å². The zero-order valence-electron chi connectivity index (χ0n) is 12.4. The Morgan fingerprint density at radius 2 is 1.96 bits per heavy atom. The summed E-state index contributed by atoms with van der Waals surface area (Å²) in [6, 6.07) is 6.32. The van der Waals surface area contributed by atoms with Crippen LogP contribution in [-0.2, 0) is 14.6 Å². The molecule has 1 aromatic rings. The summed E-state index contributed by atoms with van der Waals surface area (Å²) in [6.45, 7) is 0. The second-order valence-electron chi connectivity index (χ2n) is 5.88. The third-order valence-electron chi connectivity index (χ3n) is 3.73. The highest BCUT2D eigenvalue weighted by atomic mass is 32.2. The molecule has 1 atom stereocenters. The molecular weight excluding hydrogens is 320 g/mol. The molecule has 3 rings (SSSR count). The van der Waals surface area contributed by atoms with Crippen LogP contribution in [0, 0.1) is 0 Å². The Labute approximate surface area is 134 Å². The molecule has 2 amide bonds. The molecule has 0 spiro atoms. The van der Waals surface area contributed by atoms with Crippen molar-refractivity contribution >= 4 is 27.5 Å². The summed E-state index contributed by atoms with van der Waals surface area (Å²) < 4.78 is 28.0. The SMILES string of the molecule is O=C(Nc1cccc(C(=O)O[C@@H]2CCS(=O)(=O)C2)c1)NC1CC1. The second kappa shape index (κ2) is 6.19. The van der Waals surface area contributed by atoms with Gasteiger partial charge in [-0.25, -0.2) is 18.0 Å². The molecule has 0 radical (unpaired) electrons. The van der Waals surface area contributed by atoms with Crippen LogP contribution in [0.1, 0.15) is 29.6 Å². The molecule has 0 bridgehead atoms. The fraction of sp³-hybridized carbons (Fsp3) is 0.467. The van der Waals surface area contributed by atoms with Gasteiger partial charge in [0.15, 0.2) is 9.84 Å². The van der Waals surface area contributed by atoms with Gasteiger partial charge in [-0.15, -0.1) is 0 Å². The minimum atomic E-state index is -3.10. The summed E-state index contributed by atoms with van der Waals surface area (Å²) in [4.78, 5) is 23.8. The third kappa shape index (κ3) is 4.44. The van der Waals surface area contributed by atoms with Gasteiger partial charge in [0.2, 0.25) is 0 Å². The van der Waals surface area contributed by atoms with Crippen LogP contribution in [0.15, 0.2) is 24.3 Å². The number of carbonyl (C=O) groups is 2. The topological polar surface area (TPSA) is 102 Å². The lowest BCUT2D eigenvalue weighted by Gasteiger charge is -2.11. The zero-order chi connectivity index (χ0) is 16.4. The molecule has 124 valence electrons. The Hall–Kier alpha value is -2.09. The Bertz CT molecular complexity index is 727. The fourth-order valence-corrected chi connectivity index (χ4v) is 3.97. The van der Waals surface area contributed by atoms with Crippen molar-refractivity contribution < 1.29 is 22.7 Å². The monoisotopic (exact) mass is 338 g/mol. The molecule has 7 nitrogen and oxygen atoms in total. The molecule has 2 N–H and O–H groups in total. The number of amides is 2. The number of benzene rings is 1. The summed E-state index contributed by atoms with van der Waals surface area (Å²) in [5.74, 6) is -0.660. The Morgan fingerprint density at radius 3 is 2.61 bits per heavy atom. The lowest BCUT2D eigenvalue weighted by Crippen LogP contribution is -2.30. The van der Waals surface area contributed by atoms with Gasteiger partial charge in [0.1, 0.15) is 6.10 Å². The number of esters is 1. The number of anilines is 1. The summed E-state index contributed by atoms with van der Waals surface area (Å²) in [5.41, 5.74) is 0.759. The van der Waals surface area contributed by atoms with Crippen molar-refractivity contribution in [3.05, 3.63) is 29.8 Å². The quantitative estimate of drug-likeness (QED) is 0.806. The predicted octanol–water partition coefficient (Wildman–Crippen LogP) is 1.31. The normalized spacial score (nSPS) is 22.3. The van der Waals surface area contributed by atoms with Gasteiger partial charge in [-0.1, -0.05) is 6.07 Å². The molecule has 1 aliphatic heterocycles. The number of rotatable bonds is 4. The highest BCUT2D eigenvalue weighted by Crippen LogP contribution is 2.20. The lowest BCUT2D eigenvalue weighted by atomic mass is 10.2. The van der Waals surface area contributed by atoms with Gasteiger partial charge in [-0.3, -0.25) is 0 Å². The molecule has 0 aromatic heterocycles. The van der Waals surface area contributed by atoms with Gasteiger partial charge in [0, 0.05) is 11.7 Å². The average molecular weight is 338 g/mol. The fourth-order valence-electron chi connectivity index (χ4n) is 2.38. The second-order valence-corrected chi connectivity index (χ2v) is 8.11. The molecule has 1 aliphatic carbocycles. The van der Waals surface area contributed by atoms with E-state index in [-0.39, 0.29) is 29.1 Å². The maximum Gasteiger partial charge on any atom is 0.338 e. The first kappa shape index (κ1) is 15.8. The number of hydrogen-bond donors (Lipinski definition) is 2. The molecule has 8 heteroatoms. The van der Waals surface area contributed by atoms with Crippen LogP contribution in [0.2, 0.25) is 0 Å². The average Bonchev–Trinajstić information content (AvgIpc) is 3.22. The van der Waals surface area contributed by atoms with Crippen LogP contribution >= 0.6 is 0 Å². The molecular formula is C15H18N2O5S. The number of sulfone groups is 1. The molecule has 2 aliphatic rings. The van der Waals surface area contributed by atoms with E-state index in [0.717, 1.165) is 12.8 Å². The number of urea groups is 1. The van der Waals surface area contributed by atoms with Gasteiger partial charge in [-0.2, -0.15) is 0 Å². The largest absolute Gasteiger partial charge is 0.458 e. The maximum atomic E-state index is 12.1. The lowest BCUT2D eigenvalue weighted by molar-refractivity contribution is 0.0356. The van der Waals surface area contributed by atoms with Gasteiger partial charge in [0.25, 0.3) is 0 Å². The van der Waals surface area contributed by atoms with Crippen LogP contribution in [0.4, 0.5) is 10.5 Å². The minimum Gasteiger partial charge on any atom is -0.458 e. The van der Waals surface area contributed by atoms with E-state index in [1.807, 2.05) is 0 Å². The van der Waals surface area contributed by atoms with Crippen molar-refractivity contribution in [2.45, 2.75) is 31.4 Å². The Balaban J connectivity index is 1.59. The number of nitrogens with one attached hydrogen (secondary N) is 2. The standard InChI is InChI=1S/C15H18N2O5S/c18-14(22-13-6-7-23(20,21)9-13)10-2-1-3-12(8-10)17-15(19)16-11-4-5-11/h1-3,8,11,13H,4-7,9H2,(H2,16,17,19)/t13-/m1/s1. The highest BCUT2D eigenvalue weighted by molar-refractivity contribution is 7.91. The summed E-state index contributed by atoms with van der Waals surface area (Å²) >= 11 is 0. The molecule has 1 saturated heterocycles.